The van der Waals surface area contributed by atoms with Gasteiger partial charge in [-0.05, 0) is 30.4 Å². The molecule has 0 bridgehead atoms. The maximum atomic E-state index is 11.1. The molecule has 4 nitrogen and oxygen atoms in total. The maximum Gasteiger partial charge on any atom is 0.147 e. The molecule has 1 aliphatic heterocycles. The van der Waals surface area contributed by atoms with Gasteiger partial charge in [-0.25, -0.2) is 8.42 Å². The van der Waals surface area contributed by atoms with Crippen LogP contribution in [0.1, 0.15) is 30.1 Å². The van der Waals surface area contributed by atoms with E-state index in [0.29, 0.717) is 19.4 Å². The second kappa shape index (κ2) is 6.03. The Hall–Kier alpha value is -0.910. The first-order valence-electron chi connectivity index (χ1n) is 6.60. The average molecular weight is 283 g/mol. The van der Waals surface area contributed by atoms with Gasteiger partial charge in [0.15, 0.2) is 0 Å². The molecule has 1 aromatic carbocycles. The van der Waals surface area contributed by atoms with Gasteiger partial charge in [0.2, 0.25) is 0 Å². The molecule has 2 rings (SSSR count). The number of ether oxygens (including phenoxy) is 1. The molecule has 5 heteroatoms. The fourth-order valence-corrected chi connectivity index (χ4v) is 3.20. The first-order chi connectivity index (χ1) is 8.97. The molecule has 0 aromatic heterocycles. The third kappa shape index (κ3) is 4.03. The van der Waals surface area contributed by atoms with Crippen molar-refractivity contribution in [3.63, 3.8) is 0 Å². The van der Waals surface area contributed by atoms with Crippen molar-refractivity contribution in [1.29, 1.82) is 0 Å². The molecule has 1 heterocycles. The van der Waals surface area contributed by atoms with E-state index in [1.165, 1.54) is 11.8 Å². The van der Waals surface area contributed by atoms with Crippen LogP contribution in [0.15, 0.2) is 24.3 Å². The van der Waals surface area contributed by atoms with Crippen molar-refractivity contribution in [2.45, 2.75) is 31.4 Å². The topological polar surface area (TPSA) is 69.4 Å². The largest absolute Gasteiger partial charge is 0.372 e. The number of sulfone groups is 1. The Kier molecular flexibility index (Phi) is 4.60. The summed E-state index contributed by atoms with van der Waals surface area (Å²) < 4.78 is 28.0. The summed E-state index contributed by atoms with van der Waals surface area (Å²) in [5.74, 6) is 0.190. The van der Waals surface area contributed by atoms with Gasteiger partial charge in [-0.15, -0.1) is 0 Å². The van der Waals surface area contributed by atoms with Gasteiger partial charge in [0, 0.05) is 18.1 Å². The molecule has 2 N–H and O–H groups in total. The van der Waals surface area contributed by atoms with Crippen molar-refractivity contribution in [1.82, 2.24) is 0 Å². The summed E-state index contributed by atoms with van der Waals surface area (Å²) in [4.78, 5) is 0. The first-order valence-corrected chi connectivity index (χ1v) is 8.66. The molecular weight excluding hydrogens is 262 g/mol. The van der Waals surface area contributed by atoms with Crippen LogP contribution in [-0.2, 0) is 21.0 Å². The minimum absolute atomic E-state index is 0.107. The number of rotatable bonds is 5. The number of nitrogens with two attached hydrogens (primary N) is 1. The zero-order valence-corrected chi connectivity index (χ0v) is 12.0. The van der Waals surface area contributed by atoms with Crippen LogP contribution in [0.5, 0.6) is 0 Å². The van der Waals surface area contributed by atoms with Gasteiger partial charge in [-0.2, -0.15) is 0 Å². The third-order valence-electron chi connectivity index (χ3n) is 3.47. The summed E-state index contributed by atoms with van der Waals surface area (Å²) in [6.07, 6.45) is 3.31. The Bertz CT molecular complexity index is 527. The molecule has 0 saturated heterocycles. The van der Waals surface area contributed by atoms with E-state index >= 15 is 0 Å². The highest BCUT2D eigenvalue weighted by Gasteiger charge is 2.26. The van der Waals surface area contributed by atoms with Crippen LogP contribution in [0, 0.1) is 0 Å². The second-order valence-electron chi connectivity index (χ2n) is 5.18. The summed E-state index contributed by atoms with van der Waals surface area (Å²) in [7, 11) is -2.91. The molecule has 106 valence electrons. The molecule has 0 spiro atoms. The quantitative estimate of drug-likeness (QED) is 0.888. The van der Waals surface area contributed by atoms with E-state index in [9.17, 15) is 8.42 Å². The Morgan fingerprint density at radius 1 is 1.42 bits per heavy atom. The van der Waals surface area contributed by atoms with Gasteiger partial charge >= 0.3 is 0 Å². The summed E-state index contributed by atoms with van der Waals surface area (Å²) in [5, 5.41) is 0. The van der Waals surface area contributed by atoms with Gasteiger partial charge in [0.05, 0.1) is 12.7 Å². The molecule has 1 aromatic rings. The van der Waals surface area contributed by atoms with E-state index in [1.807, 2.05) is 12.1 Å². The fraction of sp³-hybridized carbons (Fsp3) is 0.571. The van der Waals surface area contributed by atoms with Crippen LogP contribution in [0.2, 0.25) is 0 Å². The molecule has 0 aliphatic carbocycles. The first kappa shape index (κ1) is 14.5. The van der Waals surface area contributed by atoms with Crippen molar-refractivity contribution in [2.75, 3.05) is 18.6 Å². The fourth-order valence-electron chi connectivity index (χ4n) is 2.51. The normalized spacial score (nSPS) is 20.8. The lowest BCUT2D eigenvalue weighted by molar-refractivity contribution is 0.0226. The zero-order valence-electron chi connectivity index (χ0n) is 11.2. The van der Waals surface area contributed by atoms with Gasteiger partial charge in [0.25, 0.3) is 0 Å². The van der Waals surface area contributed by atoms with Crippen LogP contribution in [0.4, 0.5) is 0 Å². The van der Waals surface area contributed by atoms with E-state index in [1.54, 1.807) is 0 Å². The zero-order chi connectivity index (χ0) is 13.9. The minimum Gasteiger partial charge on any atom is -0.372 e. The monoisotopic (exact) mass is 283 g/mol. The molecule has 0 fully saturated rings. The summed E-state index contributed by atoms with van der Waals surface area (Å²) >= 11 is 0. The summed E-state index contributed by atoms with van der Waals surface area (Å²) in [6, 6.07) is 8.02. The SMILES string of the molecule is CS(=O)(=O)CCCC(N)C1OCCc2ccccc21. The predicted octanol–water partition coefficient (Wildman–Crippen LogP) is 1.45. The summed E-state index contributed by atoms with van der Waals surface area (Å²) in [5.41, 5.74) is 8.62. The van der Waals surface area contributed by atoms with Crippen LogP contribution in [0.25, 0.3) is 0 Å². The van der Waals surface area contributed by atoms with E-state index in [0.717, 1.165) is 12.0 Å². The lowest BCUT2D eigenvalue weighted by atomic mass is 9.92. The number of benzene rings is 1. The Morgan fingerprint density at radius 3 is 2.89 bits per heavy atom. The van der Waals surface area contributed by atoms with Crippen LogP contribution in [0.3, 0.4) is 0 Å². The Morgan fingerprint density at radius 2 is 2.16 bits per heavy atom. The highest BCUT2D eigenvalue weighted by atomic mass is 32.2. The number of hydrogen-bond donors (Lipinski definition) is 1. The van der Waals surface area contributed by atoms with Crippen molar-refractivity contribution >= 4 is 9.84 Å². The highest BCUT2D eigenvalue weighted by molar-refractivity contribution is 7.90. The summed E-state index contributed by atoms with van der Waals surface area (Å²) in [6.45, 7) is 0.682. The molecule has 19 heavy (non-hydrogen) atoms. The van der Waals surface area contributed by atoms with E-state index in [-0.39, 0.29) is 17.9 Å². The standard InChI is InChI=1S/C14H21NO3S/c1-19(16,17)10-4-7-13(15)14-12-6-3-2-5-11(12)8-9-18-14/h2-3,5-6,13-14H,4,7-10,15H2,1H3. The van der Waals surface area contributed by atoms with Crippen molar-refractivity contribution in [3.8, 4) is 0 Å². The van der Waals surface area contributed by atoms with E-state index in [2.05, 4.69) is 12.1 Å². The van der Waals surface area contributed by atoms with Crippen molar-refractivity contribution in [3.05, 3.63) is 35.4 Å². The molecule has 0 radical (unpaired) electrons. The average Bonchev–Trinajstić information content (AvgIpc) is 2.36. The lowest BCUT2D eigenvalue weighted by Crippen LogP contribution is -2.34. The lowest BCUT2D eigenvalue weighted by Gasteiger charge is -2.30. The highest BCUT2D eigenvalue weighted by Crippen LogP contribution is 2.30. The van der Waals surface area contributed by atoms with Crippen molar-refractivity contribution < 1.29 is 13.2 Å². The van der Waals surface area contributed by atoms with Crippen LogP contribution in [-0.4, -0.2) is 33.1 Å². The van der Waals surface area contributed by atoms with Gasteiger partial charge < -0.3 is 10.5 Å². The van der Waals surface area contributed by atoms with Gasteiger partial charge in [-0.3, -0.25) is 0 Å². The molecule has 2 unspecified atom stereocenters. The molecule has 0 saturated carbocycles. The number of fused-ring (bicyclic) bond motifs is 1. The molecule has 2 atom stereocenters. The van der Waals surface area contributed by atoms with Crippen molar-refractivity contribution in [2.24, 2.45) is 5.73 Å². The van der Waals surface area contributed by atoms with Crippen LogP contribution >= 0.6 is 0 Å². The molecule has 0 amide bonds. The minimum atomic E-state index is -2.91. The molecule has 1 aliphatic rings. The van der Waals surface area contributed by atoms with E-state index in [4.69, 9.17) is 10.5 Å². The molecular formula is C14H21NO3S. The van der Waals surface area contributed by atoms with E-state index < -0.39 is 9.84 Å². The van der Waals surface area contributed by atoms with Gasteiger partial charge in [-0.1, -0.05) is 24.3 Å². The maximum absolute atomic E-state index is 11.1. The number of hydrogen-bond acceptors (Lipinski definition) is 4. The Balaban J connectivity index is 1.99. The van der Waals surface area contributed by atoms with Gasteiger partial charge in [0.1, 0.15) is 9.84 Å². The Labute approximate surface area is 114 Å². The van der Waals surface area contributed by atoms with Crippen LogP contribution < -0.4 is 5.73 Å². The smallest absolute Gasteiger partial charge is 0.147 e. The second-order valence-corrected chi connectivity index (χ2v) is 7.44. The third-order valence-corrected chi connectivity index (χ3v) is 4.50. The predicted molar refractivity (Wildman–Crippen MR) is 75.8 cm³/mol.